The molecule has 1 aromatic heterocycles. The number of amides is 2. The number of hydrogen-bond donors (Lipinski definition) is 1. The fourth-order valence-electron chi connectivity index (χ4n) is 3.02. The minimum atomic E-state index is -0.427. The molecule has 148 valence electrons. The highest BCUT2D eigenvalue weighted by Crippen LogP contribution is 2.37. The van der Waals surface area contributed by atoms with Crippen molar-refractivity contribution in [3.8, 4) is 0 Å². The Kier molecular flexibility index (Phi) is 5.89. The number of carbonyl (C=O) groups excluding carboxylic acids is 2. The quantitative estimate of drug-likeness (QED) is 0.592. The van der Waals surface area contributed by atoms with Crippen molar-refractivity contribution in [2.75, 3.05) is 10.7 Å². The van der Waals surface area contributed by atoms with Gasteiger partial charge in [0.1, 0.15) is 5.82 Å². The first-order chi connectivity index (χ1) is 14.0. The summed E-state index contributed by atoms with van der Waals surface area (Å²) < 4.78 is 13.3. The molecule has 29 heavy (non-hydrogen) atoms. The van der Waals surface area contributed by atoms with E-state index in [1.807, 2.05) is 23.6 Å². The van der Waals surface area contributed by atoms with Crippen LogP contribution in [0.3, 0.4) is 0 Å². The van der Waals surface area contributed by atoms with E-state index in [9.17, 15) is 14.0 Å². The molecule has 0 saturated heterocycles. The maximum absolute atomic E-state index is 13.3. The monoisotopic (exact) mass is 446 g/mol. The maximum Gasteiger partial charge on any atom is 0.251 e. The number of nitrogens with one attached hydrogen (secondary N) is 1. The summed E-state index contributed by atoms with van der Waals surface area (Å²) in [5.41, 5.74) is 1.79. The number of nitrogens with zero attached hydrogens (tertiary/aromatic N) is 1. The standard InChI is InChI=1S/C21H16ClFN2O2S2/c22-17-9-15(23)5-3-14(17)11-25-18-8-13(4-6-19(18)29-12-20(25)26)21(27)24-10-16-2-1-7-28-16/h1-9H,10-12H2,(H,24,27). The van der Waals surface area contributed by atoms with Gasteiger partial charge in [0.2, 0.25) is 5.91 Å². The number of thioether (sulfide) groups is 1. The Morgan fingerprint density at radius 3 is 2.83 bits per heavy atom. The van der Waals surface area contributed by atoms with Gasteiger partial charge in [-0.3, -0.25) is 9.59 Å². The second-order valence-corrected chi connectivity index (χ2v) is 8.91. The SMILES string of the molecule is O=C(NCc1cccs1)c1ccc2c(c1)N(Cc1ccc(F)cc1Cl)C(=O)CS2. The van der Waals surface area contributed by atoms with Crippen LogP contribution in [0.4, 0.5) is 10.1 Å². The van der Waals surface area contributed by atoms with Gasteiger partial charge in [0, 0.05) is 20.4 Å². The van der Waals surface area contributed by atoms with E-state index < -0.39 is 5.82 Å². The summed E-state index contributed by atoms with van der Waals surface area (Å²) in [5.74, 6) is -0.414. The van der Waals surface area contributed by atoms with Gasteiger partial charge in [-0.15, -0.1) is 23.1 Å². The highest BCUT2D eigenvalue weighted by Gasteiger charge is 2.26. The number of thiophene rings is 1. The van der Waals surface area contributed by atoms with Crippen molar-refractivity contribution in [1.29, 1.82) is 0 Å². The van der Waals surface area contributed by atoms with Gasteiger partial charge >= 0.3 is 0 Å². The molecule has 0 bridgehead atoms. The topological polar surface area (TPSA) is 49.4 Å². The summed E-state index contributed by atoms with van der Waals surface area (Å²) in [4.78, 5) is 28.8. The summed E-state index contributed by atoms with van der Waals surface area (Å²) >= 11 is 9.16. The Morgan fingerprint density at radius 2 is 2.07 bits per heavy atom. The predicted octanol–water partition coefficient (Wildman–Crippen LogP) is 5.11. The van der Waals surface area contributed by atoms with E-state index in [-0.39, 0.29) is 23.4 Å². The van der Waals surface area contributed by atoms with Gasteiger partial charge in [-0.05, 0) is 47.3 Å². The molecule has 1 aliphatic rings. The van der Waals surface area contributed by atoms with Crippen LogP contribution < -0.4 is 10.2 Å². The number of anilines is 1. The first-order valence-corrected chi connectivity index (χ1v) is 11.1. The van der Waals surface area contributed by atoms with Gasteiger partial charge in [0.25, 0.3) is 5.91 Å². The van der Waals surface area contributed by atoms with E-state index in [0.717, 1.165) is 9.77 Å². The second kappa shape index (κ2) is 8.57. The van der Waals surface area contributed by atoms with Crippen LogP contribution in [0.25, 0.3) is 0 Å². The van der Waals surface area contributed by atoms with Crippen molar-refractivity contribution in [2.45, 2.75) is 18.0 Å². The van der Waals surface area contributed by atoms with E-state index in [1.165, 1.54) is 23.9 Å². The highest BCUT2D eigenvalue weighted by atomic mass is 35.5. The van der Waals surface area contributed by atoms with Crippen molar-refractivity contribution < 1.29 is 14.0 Å². The van der Waals surface area contributed by atoms with Crippen LogP contribution >= 0.6 is 34.7 Å². The second-order valence-electron chi connectivity index (χ2n) is 6.45. The summed E-state index contributed by atoms with van der Waals surface area (Å²) in [7, 11) is 0. The third-order valence-corrected chi connectivity index (χ3v) is 6.79. The molecule has 4 nitrogen and oxygen atoms in total. The van der Waals surface area contributed by atoms with Crippen molar-refractivity contribution >= 4 is 52.2 Å². The highest BCUT2D eigenvalue weighted by molar-refractivity contribution is 8.00. The van der Waals surface area contributed by atoms with Gasteiger partial charge in [0.05, 0.1) is 24.5 Å². The third kappa shape index (κ3) is 4.47. The number of fused-ring (bicyclic) bond motifs is 1. The molecule has 0 spiro atoms. The molecular weight excluding hydrogens is 431 g/mol. The number of carbonyl (C=O) groups is 2. The van der Waals surface area contributed by atoms with Crippen LogP contribution in [-0.2, 0) is 17.9 Å². The van der Waals surface area contributed by atoms with E-state index in [4.69, 9.17) is 11.6 Å². The number of halogens is 2. The molecule has 1 N–H and O–H groups in total. The Labute approximate surface area is 180 Å². The van der Waals surface area contributed by atoms with E-state index in [2.05, 4.69) is 5.32 Å². The van der Waals surface area contributed by atoms with Gasteiger partial charge in [-0.2, -0.15) is 0 Å². The van der Waals surface area contributed by atoms with Crippen molar-refractivity contribution in [3.63, 3.8) is 0 Å². The van der Waals surface area contributed by atoms with Crippen molar-refractivity contribution in [2.24, 2.45) is 0 Å². The fourth-order valence-corrected chi connectivity index (χ4v) is 4.81. The zero-order valence-electron chi connectivity index (χ0n) is 15.2. The first-order valence-electron chi connectivity index (χ1n) is 8.83. The van der Waals surface area contributed by atoms with Gasteiger partial charge in [0.15, 0.2) is 0 Å². The molecule has 0 atom stereocenters. The molecule has 1 aliphatic heterocycles. The average Bonchev–Trinajstić information content (AvgIpc) is 3.23. The molecule has 3 aromatic rings. The minimum absolute atomic E-state index is 0.0842. The summed E-state index contributed by atoms with van der Waals surface area (Å²) in [6, 6.07) is 13.4. The average molecular weight is 447 g/mol. The Morgan fingerprint density at radius 1 is 1.21 bits per heavy atom. The molecule has 0 aliphatic carbocycles. The van der Waals surface area contributed by atoms with Crippen LogP contribution in [0, 0.1) is 5.82 Å². The predicted molar refractivity (Wildman–Crippen MR) is 115 cm³/mol. The third-order valence-electron chi connectivity index (χ3n) is 4.51. The molecular formula is C21H16ClFN2O2S2. The Balaban J connectivity index is 1.58. The molecule has 4 rings (SSSR count). The molecule has 0 radical (unpaired) electrons. The van der Waals surface area contributed by atoms with Crippen LogP contribution in [0.15, 0.2) is 58.8 Å². The van der Waals surface area contributed by atoms with E-state index in [0.29, 0.717) is 29.1 Å². The number of rotatable bonds is 5. The van der Waals surface area contributed by atoms with Gasteiger partial charge in [-0.1, -0.05) is 23.7 Å². The zero-order chi connectivity index (χ0) is 20.4. The molecule has 0 unspecified atom stereocenters. The smallest absolute Gasteiger partial charge is 0.251 e. The zero-order valence-corrected chi connectivity index (χ0v) is 17.5. The minimum Gasteiger partial charge on any atom is -0.347 e. The molecule has 8 heteroatoms. The molecule has 2 amide bonds. The lowest BCUT2D eigenvalue weighted by atomic mass is 10.1. The maximum atomic E-state index is 13.3. The van der Waals surface area contributed by atoms with E-state index >= 15 is 0 Å². The van der Waals surface area contributed by atoms with Crippen LogP contribution in [0.5, 0.6) is 0 Å². The summed E-state index contributed by atoms with van der Waals surface area (Å²) in [5, 5.41) is 5.12. The van der Waals surface area contributed by atoms with E-state index in [1.54, 1.807) is 34.4 Å². The lowest BCUT2D eigenvalue weighted by Gasteiger charge is -2.29. The molecule has 0 saturated carbocycles. The van der Waals surface area contributed by atoms with Crippen molar-refractivity contribution in [1.82, 2.24) is 5.32 Å². The number of benzene rings is 2. The van der Waals surface area contributed by atoms with Gasteiger partial charge < -0.3 is 10.2 Å². The largest absolute Gasteiger partial charge is 0.347 e. The summed E-state index contributed by atoms with van der Waals surface area (Å²) in [6.45, 7) is 0.669. The normalized spacial score (nSPS) is 13.3. The Bertz CT molecular complexity index is 1070. The van der Waals surface area contributed by atoms with Crippen LogP contribution in [0.1, 0.15) is 20.8 Å². The lowest BCUT2D eigenvalue weighted by molar-refractivity contribution is -0.116. The first kappa shape index (κ1) is 19.9. The fraction of sp³-hybridized carbons (Fsp3) is 0.143. The van der Waals surface area contributed by atoms with Gasteiger partial charge in [-0.25, -0.2) is 4.39 Å². The molecule has 0 fully saturated rings. The van der Waals surface area contributed by atoms with Crippen molar-refractivity contribution in [3.05, 3.63) is 80.8 Å². The molecule has 2 heterocycles. The van der Waals surface area contributed by atoms with Crippen LogP contribution in [-0.4, -0.2) is 17.6 Å². The molecule has 2 aromatic carbocycles. The lowest BCUT2D eigenvalue weighted by Crippen LogP contribution is -2.35. The number of hydrogen-bond acceptors (Lipinski definition) is 4. The Hall–Kier alpha value is -2.35. The summed E-state index contributed by atoms with van der Waals surface area (Å²) in [6.07, 6.45) is 0. The van der Waals surface area contributed by atoms with Crippen LogP contribution in [0.2, 0.25) is 5.02 Å².